The zero-order valence-electron chi connectivity index (χ0n) is 36.3. The summed E-state index contributed by atoms with van der Waals surface area (Å²) in [5, 5.41) is 37.5. The van der Waals surface area contributed by atoms with Crippen molar-refractivity contribution in [3.63, 3.8) is 0 Å². The average Bonchev–Trinajstić information content (AvgIpc) is 3.70. The molecule has 2 aliphatic heterocycles. The molecule has 10 N–H and O–H groups in total. The molecule has 4 rings (SSSR count). The molecule has 6 atom stereocenters. The van der Waals surface area contributed by atoms with Crippen molar-refractivity contribution >= 4 is 53.3 Å². The SMILES string of the molecule is CC(C)(C)OC(=O)NCCc1ccc(NC(=O)C(CCCNC(N)=O)NC(=O)[C@@H](Cc2ccccc2)NC(=O)C[C@@H]2O[C@H](CNC(=O)CCCCN3C(=O)C=CC3=O)C(O)C2O)cc1. The number of hydrogen-bond donors (Lipinski definition) is 9. The smallest absolute Gasteiger partial charge is 0.407 e. The van der Waals surface area contributed by atoms with E-state index in [1.807, 2.05) is 0 Å². The summed E-state index contributed by atoms with van der Waals surface area (Å²) in [6.45, 7) is 5.75. The van der Waals surface area contributed by atoms with Crippen molar-refractivity contribution in [2.75, 3.05) is 31.5 Å². The van der Waals surface area contributed by atoms with Crippen molar-refractivity contribution in [2.24, 2.45) is 5.73 Å². The Morgan fingerprint density at radius 1 is 0.766 bits per heavy atom. The number of carbonyl (C=O) groups excluding carboxylic acids is 8. The van der Waals surface area contributed by atoms with Gasteiger partial charge < -0.3 is 57.3 Å². The van der Waals surface area contributed by atoms with E-state index in [4.69, 9.17) is 15.2 Å². The van der Waals surface area contributed by atoms with Gasteiger partial charge in [-0.1, -0.05) is 42.5 Å². The van der Waals surface area contributed by atoms with Crippen LogP contribution in [0.15, 0.2) is 66.7 Å². The van der Waals surface area contributed by atoms with Gasteiger partial charge in [-0.3, -0.25) is 33.7 Å². The molecule has 20 heteroatoms. The number of nitrogens with zero attached hydrogens (tertiary/aromatic N) is 1. The largest absolute Gasteiger partial charge is 0.444 e. The fourth-order valence-corrected chi connectivity index (χ4v) is 6.83. The molecule has 0 aromatic heterocycles. The molecule has 0 saturated carbocycles. The van der Waals surface area contributed by atoms with E-state index in [1.165, 1.54) is 12.2 Å². The van der Waals surface area contributed by atoms with E-state index in [0.717, 1.165) is 10.5 Å². The summed E-state index contributed by atoms with van der Waals surface area (Å²) in [6, 6.07) is 12.6. The van der Waals surface area contributed by atoms with Gasteiger partial charge in [-0.25, -0.2) is 9.59 Å². The third-order valence-electron chi connectivity index (χ3n) is 10.1. The predicted molar refractivity (Wildman–Crippen MR) is 232 cm³/mol. The van der Waals surface area contributed by atoms with Crippen LogP contribution in [0, 0.1) is 0 Å². The lowest BCUT2D eigenvalue weighted by molar-refractivity contribution is -0.137. The van der Waals surface area contributed by atoms with E-state index in [-0.39, 0.29) is 51.2 Å². The fourth-order valence-electron chi connectivity index (χ4n) is 6.83. The molecule has 0 aliphatic carbocycles. The molecule has 1 saturated heterocycles. The number of aliphatic hydroxyl groups excluding tert-OH is 2. The Morgan fingerprint density at radius 3 is 2.09 bits per heavy atom. The molecular formula is C44H60N8O12. The van der Waals surface area contributed by atoms with Crippen LogP contribution in [0.3, 0.4) is 0 Å². The van der Waals surface area contributed by atoms with E-state index in [2.05, 4.69) is 31.9 Å². The highest BCUT2D eigenvalue weighted by atomic mass is 16.6. The van der Waals surface area contributed by atoms with E-state index in [0.29, 0.717) is 37.1 Å². The molecule has 0 bridgehead atoms. The van der Waals surface area contributed by atoms with Crippen LogP contribution in [0.25, 0.3) is 0 Å². The third kappa shape index (κ3) is 17.1. The van der Waals surface area contributed by atoms with E-state index >= 15 is 0 Å². The monoisotopic (exact) mass is 892 g/mol. The fraction of sp³-hybridized carbons (Fsp3) is 0.500. The van der Waals surface area contributed by atoms with Crippen LogP contribution in [-0.2, 0) is 51.1 Å². The molecule has 348 valence electrons. The highest BCUT2D eigenvalue weighted by Crippen LogP contribution is 2.24. The summed E-state index contributed by atoms with van der Waals surface area (Å²) >= 11 is 0. The molecule has 0 spiro atoms. The van der Waals surface area contributed by atoms with Crippen molar-refractivity contribution in [3.8, 4) is 0 Å². The van der Waals surface area contributed by atoms with Gasteiger partial charge in [-0.15, -0.1) is 0 Å². The molecule has 20 nitrogen and oxygen atoms in total. The maximum atomic E-state index is 14.0. The lowest BCUT2D eigenvalue weighted by Gasteiger charge is -2.24. The van der Waals surface area contributed by atoms with Crippen LogP contribution in [0.4, 0.5) is 15.3 Å². The Kier molecular flexibility index (Phi) is 19.2. The van der Waals surface area contributed by atoms with E-state index in [1.54, 1.807) is 75.4 Å². The van der Waals surface area contributed by atoms with Crippen LogP contribution in [0.5, 0.6) is 0 Å². The average molecular weight is 893 g/mol. The van der Waals surface area contributed by atoms with Crippen molar-refractivity contribution < 1.29 is 58.0 Å². The summed E-state index contributed by atoms with van der Waals surface area (Å²) < 4.78 is 11.0. The number of primary amides is 1. The summed E-state index contributed by atoms with van der Waals surface area (Å²) in [5.41, 5.74) is 6.57. The Labute approximate surface area is 371 Å². The second-order valence-corrected chi connectivity index (χ2v) is 16.5. The van der Waals surface area contributed by atoms with Crippen LogP contribution in [0.2, 0.25) is 0 Å². The number of hydrogen-bond acceptors (Lipinski definition) is 12. The first kappa shape index (κ1) is 50.3. The number of benzene rings is 2. The van der Waals surface area contributed by atoms with Gasteiger partial charge in [0.25, 0.3) is 11.8 Å². The van der Waals surface area contributed by atoms with Gasteiger partial charge in [0.15, 0.2) is 0 Å². The van der Waals surface area contributed by atoms with Gasteiger partial charge in [0, 0.05) is 56.9 Å². The molecule has 1 fully saturated rings. The van der Waals surface area contributed by atoms with Crippen LogP contribution < -0.4 is 37.6 Å². The first-order chi connectivity index (χ1) is 30.4. The Balaban J connectivity index is 1.34. The summed E-state index contributed by atoms with van der Waals surface area (Å²) in [6.07, 6.45) is -2.09. The third-order valence-corrected chi connectivity index (χ3v) is 10.1. The zero-order chi connectivity index (χ0) is 46.8. The van der Waals surface area contributed by atoms with Gasteiger partial charge >= 0.3 is 12.1 Å². The van der Waals surface area contributed by atoms with Crippen LogP contribution in [0.1, 0.15) is 70.4 Å². The topological polar surface area (TPSA) is 297 Å². The molecule has 3 unspecified atom stereocenters. The molecule has 64 heavy (non-hydrogen) atoms. The number of amides is 9. The number of ether oxygens (including phenoxy) is 2. The minimum absolute atomic E-state index is 0.0210. The molecule has 2 aromatic carbocycles. The number of aliphatic hydroxyl groups is 2. The number of rotatable bonds is 23. The lowest BCUT2D eigenvalue weighted by atomic mass is 10.0. The van der Waals surface area contributed by atoms with Crippen molar-refractivity contribution in [3.05, 3.63) is 77.9 Å². The normalized spacial score (nSPS) is 19.0. The second-order valence-electron chi connectivity index (χ2n) is 16.5. The summed E-state index contributed by atoms with van der Waals surface area (Å²) in [5.74, 6) is -3.15. The van der Waals surface area contributed by atoms with Crippen molar-refractivity contribution in [1.29, 1.82) is 0 Å². The van der Waals surface area contributed by atoms with Gasteiger partial charge in [0.05, 0.1) is 12.5 Å². The Hall–Kier alpha value is -6.38. The quantitative estimate of drug-likeness (QED) is 0.0543. The van der Waals surface area contributed by atoms with E-state index < -0.39 is 90.2 Å². The number of anilines is 1. The number of urea groups is 1. The number of nitrogens with one attached hydrogen (secondary N) is 6. The standard InChI is InChI=1S/C44H60N8O12/c1-44(2,3)64-43(62)47-22-20-27-14-16-29(17-15-27)49-40(59)30(12-9-21-46-42(45)61)51-41(60)31(24-28-10-5-4-6-11-28)50-35(54)25-32-38(57)39(58)33(63-32)26-48-34(53)13-7-8-23-52-36(55)18-19-37(52)56/h4-6,10-11,14-19,30-33,38-39,57-58H,7-9,12-13,20-26H2,1-3H3,(H,47,62)(H,48,53)(H,49,59)(H,50,54)(H,51,60)(H3,45,46,61)/t30?,31-,32+,33-,38?,39?/m1/s1. The minimum Gasteiger partial charge on any atom is -0.444 e. The number of unbranched alkanes of at least 4 members (excludes halogenated alkanes) is 1. The molecule has 2 aliphatic rings. The highest BCUT2D eigenvalue weighted by molar-refractivity contribution is 6.12. The first-order valence-corrected chi connectivity index (χ1v) is 21.2. The van der Waals surface area contributed by atoms with Crippen LogP contribution >= 0.6 is 0 Å². The number of imide groups is 1. The van der Waals surface area contributed by atoms with Gasteiger partial charge in [0.2, 0.25) is 23.6 Å². The van der Waals surface area contributed by atoms with Crippen LogP contribution in [-0.4, -0.2) is 131 Å². The molecule has 2 heterocycles. The van der Waals surface area contributed by atoms with Crippen molar-refractivity contribution in [2.45, 2.75) is 114 Å². The Bertz CT molecular complexity index is 1960. The number of carbonyl (C=O) groups is 8. The maximum absolute atomic E-state index is 14.0. The lowest BCUT2D eigenvalue weighted by Crippen LogP contribution is -2.54. The molecule has 0 radical (unpaired) electrons. The van der Waals surface area contributed by atoms with Crippen molar-refractivity contribution in [1.82, 2.24) is 31.5 Å². The summed E-state index contributed by atoms with van der Waals surface area (Å²) in [7, 11) is 0. The summed E-state index contributed by atoms with van der Waals surface area (Å²) in [4.78, 5) is 101. The highest BCUT2D eigenvalue weighted by Gasteiger charge is 2.43. The Morgan fingerprint density at radius 2 is 1.44 bits per heavy atom. The van der Waals surface area contributed by atoms with Gasteiger partial charge in [-0.2, -0.15) is 0 Å². The van der Waals surface area contributed by atoms with Gasteiger partial charge in [0.1, 0.15) is 36.0 Å². The second kappa shape index (κ2) is 24.5. The molecular weight excluding hydrogens is 833 g/mol. The molecule has 2 aromatic rings. The first-order valence-electron chi connectivity index (χ1n) is 21.2. The maximum Gasteiger partial charge on any atom is 0.407 e. The zero-order valence-corrected chi connectivity index (χ0v) is 36.3. The number of nitrogens with two attached hydrogens (primary N) is 1. The molecule has 9 amide bonds. The number of alkyl carbamates (subject to hydrolysis) is 1. The van der Waals surface area contributed by atoms with Gasteiger partial charge in [-0.05, 0) is 76.1 Å². The minimum atomic E-state index is -1.50. The predicted octanol–water partition coefficient (Wildman–Crippen LogP) is 0.444. The van der Waals surface area contributed by atoms with E-state index in [9.17, 15) is 48.6 Å².